The van der Waals surface area contributed by atoms with Crippen LogP contribution in [0.2, 0.25) is 0 Å². The quantitative estimate of drug-likeness (QED) is 0.882. The molecule has 0 saturated heterocycles. The van der Waals surface area contributed by atoms with Gasteiger partial charge in [-0.25, -0.2) is 9.18 Å². The van der Waals surface area contributed by atoms with Crippen LogP contribution in [0.3, 0.4) is 0 Å². The molecule has 0 unspecified atom stereocenters. The van der Waals surface area contributed by atoms with E-state index in [4.69, 9.17) is 5.11 Å². The number of carbonyl (C=O) groups excluding carboxylic acids is 1. The molecule has 0 heterocycles. The van der Waals surface area contributed by atoms with Crippen LogP contribution < -0.4 is 5.32 Å². The zero-order valence-corrected chi connectivity index (χ0v) is 12.6. The van der Waals surface area contributed by atoms with E-state index in [0.29, 0.717) is 15.7 Å². The number of carboxylic acids is 1. The summed E-state index contributed by atoms with van der Waals surface area (Å²) < 4.78 is 13.8. The van der Waals surface area contributed by atoms with E-state index in [-0.39, 0.29) is 11.1 Å². The van der Waals surface area contributed by atoms with Gasteiger partial charge in [-0.2, -0.15) is 0 Å². The molecule has 0 aliphatic heterocycles. The number of aromatic carboxylic acids is 1. The van der Waals surface area contributed by atoms with Crippen molar-refractivity contribution in [3.05, 3.63) is 63.4 Å². The van der Waals surface area contributed by atoms with Crippen molar-refractivity contribution in [2.75, 3.05) is 5.32 Å². The Morgan fingerprint density at radius 1 is 1.14 bits per heavy atom. The molecular weight excluding hydrogens is 341 g/mol. The van der Waals surface area contributed by atoms with E-state index in [2.05, 4.69) is 21.2 Å². The minimum atomic E-state index is -1.10. The minimum Gasteiger partial charge on any atom is -0.478 e. The average molecular weight is 352 g/mol. The van der Waals surface area contributed by atoms with Crippen LogP contribution in [0.15, 0.2) is 40.9 Å². The van der Waals surface area contributed by atoms with E-state index < -0.39 is 17.7 Å². The average Bonchev–Trinajstić information content (AvgIpc) is 2.39. The first-order chi connectivity index (χ1) is 9.86. The maximum absolute atomic E-state index is 13.3. The van der Waals surface area contributed by atoms with Gasteiger partial charge in [-0.15, -0.1) is 0 Å². The van der Waals surface area contributed by atoms with Gasteiger partial charge in [-0.1, -0.05) is 0 Å². The van der Waals surface area contributed by atoms with Crippen molar-refractivity contribution in [2.24, 2.45) is 0 Å². The maximum Gasteiger partial charge on any atom is 0.335 e. The molecule has 6 heteroatoms. The molecule has 0 radical (unpaired) electrons. The summed E-state index contributed by atoms with van der Waals surface area (Å²) >= 11 is 3.23. The van der Waals surface area contributed by atoms with Crippen LogP contribution in [-0.4, -0.2) is 17.0 Å². The second-order valence-corrected chi connectivity index (χ2v) is 5.33. The van der Waals surface area contributed by atoms with Gasteiger partial charge in [0.2, 0.25) is 0 Å². The highest BCUT2D eigenvalue weighted by atomic mass is 79.9. The number of anilines is 1. The number of carbonyl (C=O) groups is 2. The lowest BCUT2D eigenvalue weighted by atomic mass is 10.1. The van der Waals surface area contributed by atoms with Crippen molar-refractivity contribution in [1.82, 2.24) is 0 Å². The lowest BCUT2D eigenvalue weighted by molar-refractivity contribution is 0.0696. The highest BCUT2D eigenvalue weighted by Crippen LogP contribution is 2.24. The van der Waals surface area contributed by atoms with Crippen LogP contribution in [0, 0.1) is 12.7 Å². The van der Waals surface area contributed by atoms with Gasteiger partial charge in [0.05, 0.1) is 11.3 Å². The van der Waals surface area contributed by atoms with E-state index in [1.807, 2.05) is 0 Å². The fourth-order valence-corrected chi connectivity index (χ4v) is 2.16. The zero-order chi connectivity index (χ0) is 15.6. The van der Waals surface area contributed by atoms with Gasteiger partial charge in [0.1, 0.15) is 5.82 Å². The Labute approximate surface area is 128 Å². The lowest BCUT2D eigenvalue weighted by Crippen LogP contribution is -2.13. The number of benzene rings is 2. The minimum absolute atomic E-state index is 0.0453. The summed E-state index contributed by atoms with van der Waals surface area (Å²) in [7, 11) is 0. The summed E-state index contributed by atoms with van der Waals surface area (Å²) in [6.07, 6.45) is 0. The molecule has 21 heavy (non-hydrogen) atoms. The summed E-state index contributed by atoms with van der Waals surface area (Å²) in [5.41, 5.74) is 1.14. The van der Waals surface area contributed by atoms with Crippen LogP contribution in [-0.2, 0) is 0 Å². The topological polar surface area (TPSA) is 66.4 Å². The smallest absolute Gasteiger partial charge is 0.335 e. The second kappa shape index (κ2) is 6.05. The molecule has 2 N–H and O–H groups in total. The number of amides is 1. The maximum atomic E-state index is 13.3. The first-order valence-corrected chi connectivity index (χ1v) is 6.77. The SMILES string of the molecule is Cc1cc(F)cc(C(=O)Nc2cc(C(=O)O)ccc2Br)c1. The van der Waals surface area contributed by atoms with Crippen LogP contribution in [0.25, 0.3) is 0 Å². The zero-order valence-electron chi connectivity index (χ0n) is 11.0. The Kier molecular flexibility index (Phi) is 4.37. The third kappa shape index (κ3) is 3.66. The molecule has 4 nitrogen and oxygen atoms in total. The van der Waals surface area contributed by atoms with Crippen LogP contribution in [0.5, 0.6) is 0 Å². The van der Waals surface area contributed by atoms with Crippen LogP contribution >= 0.6 is 15.9 Å². The van der Waals surface area contributed by atoms with Crippen LogP contribution in [0.1, 0.15) is 26.3 Å². The molecule has 1 amide bonds. The molecule has 0 fully saturated rings. The van der Waals surface area contributed by atoms with Crippen molar-refractivity contribution >= 4 is 33.5 Å². The fraction of sp³-hybridized carbons (Fsp3) is 0.0667. The highest BCUT2D eigenvalue weighted by Gasteiger charge is 2.12. The van der Waals surface area contributed by atoms with Crippen molar-refractivity contribution in [3.8, 4) is 0 Å². The molecule has 0 aromatic heterocycles. The molecule has 0 bridgehead atoms. The summed E-state index contributed by atoms with van der Waals surface area (Å²) in [5.74, 6) is -2.11. The molecule has 0 spiro atoms. The summed E-state index contributed by atoms with van der Waals surface area (Å²) in [4.78, 5) is 23.0. The lowest BCUT2D eigenvalue weighted by Gasteiger charge is -2.09. The first kappa shape index (κ1) is 15.2. The van der Waals surface area contributed by atoms with Crippen molar-refractivity contribution in [1.29, 1.82) is 0 Å². The normalized spacial score (nSPS) is 10.2. The Morgan fingerprint density at radius 2 is 1.86 bits per heavy atom. The third-order valence-corrected chi connectivity index (χ3v) is 3.46. The molecule has 2 aromatic rings. The number of hydrogen-bond donors (Lipinski definition) is 2. The number of carboxylic acid groups (broad SMARTS) is 1. The molecule has 0 atom stereocenters. The summed E-state index contributed by atoms with van der Waals surface area (Å²) in [6.45, 7) is 1.68. The Bertz CT molecular complexity index is 711. The van der Waals surface area contributed by atoms with Gasteiger partial charge in [0, 0.05) is 10.0 Å². The Morgan fingerprint density at radius 3 is 2.48 bits per heavy atom. The molecule has 108 valence electrons. The van der Waals surface area contributed by atoms with Crippen molar-refractivity contribution in [3.63, 3.8) is 0 Å². The van der Waals surface area contributed by atoms with E-state index in [9.17, 15) is 14.0 Å². The predicted molar refractivity (Wildman–Crippen MR) is 80.2 cm³/mol. The van der Waals surface area contributed by atoms with E-state index in [0.717, 1.165) is 6.07 Å². The van der Waals surface area contributed by atoms with Gasteiger partial charge in [0.25, 0.3) is 5.91 Å². The number of hydrogen-bond acceptors (Lipinski definition) is 2. The van der Waals surface area contributed by atoms with Gasteiger partial charge in [-0.05, 0) is 64.8 Å². The largest absolute Gasteiger partial charge is 0.478 e. The number of halogens is 2. The standard InChI is InChI=1S/C15H11BrFNO3/c1-8-4-10(6-11(17)5-8)14(19)18-13-7-9(15(20)21)2-3-12(13)16/h2-7H,1H3,(H,18,19)(H,20,21). The molecule has 0 aliphatic carbocycles. The highest BCUT2D eigenvalue weighted by molar-refractivity contribution is 9.10. The molecular formula is C15H11BrFNO3. The van der Waals surface area contributed by atoms with Crippen molar-refractivity contribution in [2.45, 2.75) is 6.92 Å². The number of nitrogens with one attached hydrogen (secondary N) is 1. The molecule has 2 aromatic carbocycles. The third-order valence-electron chi connectivity index (χ3n) is 2.77. The second-order valence-electron chi connectivity index (χ2n) is 4.47. The van der Waals surface area contributed by atoms with Crippen molar-refractivity contribution < 1.29 is 19.1 Å². The van der Waals surface area contributed by atoms with Gasteiger partial charge in [-0.3, -0.25) is 4.79 Å². The Hall–Kier alpha value is -2.21. The predicted octanol–water partition coefficient (Wildman–Crippen LogP) is 3.85. The van der Waals surface area contributed by atoms with Gasteiger partial charge >= 0.3 is 5.97 Å². The van der Waals surface area contributed by atoms with Gasteiger partial charge in [0.15, 0.2) is 0 Å². The van der Waals surface area contributed by atoms with Gasteiger partial charge < -0.3 is 10.4 Å². The first-order valence-electron chi connectivity index (χ1n) is 5.98. The number of aryl methyl sites for hydroxylation is 1. The Balaban J connectivity index is 2.31. The fourth-order valence-electron chi connectivity index (χ4n) is 1.82. The van der Waals surface area contributed by atoms with E-state index in [1.165, 1.54) is 24.3 Å². The van der Waals surface area contributed by atoms with E-state index in [1.54, 1.807) is 13.0 Å². The number of rotatable bonds is 3. The van der Waals surface area contributed by atoms with E-state index >= 15 is 0 Å². The molecule has 0 aliphatic rings. The monoisotopic (exact) mass is 351 g/mol. The van der Waals surface area contributed by atoms with Crippen LogP contribution in [0.4, 0.5) is 10.1 Å². The molecule has 0 saturated carbocycles. The summed E-state index contributed by atoms with van der Waals surface area (Å²) in [5, 5.41) is 11.5. The molecule has 2 rings (SSSR count). The summed E-state index contributed by atoms with van der Waals surface area (Å²) in [6, 6.07) is 8.25.